The number of rotatable bonds is 6. The Morgan fingerprint density at radius 2 is 2.00 bits per heavy atom. The second kappa shape index (κ2) is 9.14. The molecule has 2 heterocycles. The molecular weight excluding hydrogens is 344 g/mol. The van der Waals surface area contributed by atoms with E-state index in [4.69, 9.17) is 4.74 Å². The second-order valence-electron chi connectivity index (χ2n) is 6.50. The fourth-order valence-electron chi connectivity index (χ4n) is 3.16. The van der Waals surface area contributed by atoms with E-state index in [2.05, 4.69) is 10.3 Å². The molecule has 0 radical (unpaired) electrons. The van der Waals surface area contributed by atoms with Crippen molar-refractivity contribution in [1.82, 2.24) is 15.2 Å². The van der Waals surface area contributed by atoms with Crippen molar-refractivity contribution in [2.24, 2.45) is 0 Å². The first-order valence-electron chi connectivity index (χ1n) is 9.13. The molecule has 1 aliphatic heterocycles. The van der Waals surface area contributed by atoms with Crippen molar-refractivity contribution in [3.05, 3.63) is 59.9 Å². The van der Waals surface area contributed by atoms with Gasteiger partial charge in [-0.15, -0.1) is 0 Å². The van der Waals surface area contributed by atoms with Crippen LogP contribution in [0.25, 0.3) is 0 Å². The van der Waals surface area contributed by atoms with E-state index in [-0.39, 0.29) is 11.8 Å². The lowest BCUT2D eigenvalue weighted by molar-refractivity contribution is -0.902. The number of methoxy groups -OCH3 is 1. The molecule has 2 N–H and O–H groups in total. The molecule has 1 fully saturated rings. The number of piperazine rings is 1. The summed E-state index contributed by atoms with van der Waals surface area (Å²) in [7, 11) is 1.60. The van der Waals surface area contributed by atoms with Crippen molar-refractivity contribution in [1.29, 1.82) is 0 Å². The third kappa shape index (κ3) is 5.04. The van der Waals surface area contributed by atoms with Gasteiger partial charge in [-0.05, 0) is 30.3 Å². The van der Waals surface area contributed by atoms with Crippen molar-refractivity contribution in [3.63, 3.8) is 0 Å². The van der Waals surface area contributed by atoms with Crippen LogP contribution in [0.3, 0.4) is 0 Å². The highest BCUT2D eigenvalue weighted by Gasteiger charge is 2.24. The van der Waals surface area contributed by atoms with Crippen LogP contribution in [0.5, 0.6) is 5.75 Å². The van der Waals surface area contributed by atoms with Crippen LogP contribution in [-0.4, -0.2) is 68.1 Å². The second-order valence-corrected chi connectivity index (χ2v) is 6.50. The Morgan fingerprint density at radius 3 is 2.70 bits per heavy atom. The van der Waals surface area contributed by atoms with Gasteiger partial charge in [-0.1, -0.05) is 12.1 Å². The van der Waals surface area contributed by atoms with Gasteiger partial charge in [0, 0.05) is 11.8 Å². The molecular formula is C20H25N4O3+. The van der Waals surface area contributed by atoms with Gasteiger partial charge in [-0.2, -0.15) is 0 Å². The largest absolute Gasteiger partial charge is 0.497 e. The highest BCUT2D eigenvalue weighted by atomic mass is 16.5. The smallest absolute Gasteiger partial charge is 0.270 e. The van der Waals surface area contributed by atoms with Gasteiger partial charge in [0.2, 0.25) is 0 Å². The summed E-state index contributed by atoms with van der Waals surface area (Å²) in [6, 6.07) is 12.5. The van der Waals surface area contributed by atoms with Gasteiger partial charge in [0.05, 0.1) is 46.4 Å². The Hall–Kier alpha value is -2.93. The lowest BCUT2D eigenvalue weighted by atomic mass is 10.1. The van der Waals surface area contributed by atoms with Gasteiger partial charge in [-0.3, -0.25) is 14.6 Å². The monoisotopic (exact) mass is 369 g/mol. The van der Waals surface area contributed by atoms with E-state index < -0.39 is 0 Å². The molecule has 2 amide bonds. The Labute approximate surface area is 158 Å². The average Bonchev–Trinajstić information content (AvgIpc) is 2.74. The Morgan fingerprint density at radius 1 is 1.19 bits per heavy atom. The van der Waals surface area contributed by atoms with Crippen molar-refractivity contribution >= 4 is 11.8 Å². The van der Waals surface area contributed by atoms with Crippen molar-refractivity contribution in [3.8, 4) is 5.75 Å². The van der Waals surface area contributed by atoms with Crippen LogP contribution in [0.4, 0.5) is 0 Å². The van der Waals surface area contributed by atoms with Gasteiger partial charge in [0.1, 0.15) is 11.4 Å². The summed E-state index contributed by atoms with van der Waals surface area (Å²) in [5.74, 6) is 0.576. The lowest BCUT2D eigenvalue weighted by Crippen LogP contribution is -3.15. The number of nitrogens with zero attached hydrogens (tertiary/aromatic N) is 2. The Bertz CT molecular complexity index is 774. The summed E-state index contributed by atoms with van der Waals surface area (Å²) in [4.78, 5) is 31.9. The molecule has 0 spiro atoms. The van der Waals surface area contributed by atoms with Crippen LogP contribution in [0.15, 0.2) is 48.7 Å². The van der Waals surface area contributed by atoms with E-state index >= 15 is 0 Å². The maximum absolute atomic E-state index is 12.6. The zero-order valence-electron chi connectivity index (χ0n) is 15.5. The number of aromatic nitrogens is 1. The van der Waals surface area contributed by atoms with Crippen molar-refractivity contribution in [2.45, 2.75) is 0 Å². The average molecular weight is 369 g/mol. The van der Waals surface area contributed by atoms with Crippen LogP contribution in [0, 0.1) is 0 Å². The minimum Gasteiger partial charge on any atom is -0.497 e. The van der Waals surface area contributed by atoms with E-state index in [9.17, 15) is 9.59 Å². The molecule has 7 heteroatoms. The molecule has 0 atom stereocenters. The van der Waals surface area contributed by atoms with Crippen molar-refractivity contribution < 1.29 is 19.2 Å². The van der Waals surface area contributed by atoms with Gasteiger partial charge < -0.3 is 19.9 Å². The number of nitrogens with one attached hydrogen (secondary N) is 2. The molecule has 27 heavy (non-hydrogen) atoms. The highest BCUT2D eigenvalue weighted by molar-refractivity contribution is 5.94. The number of carbonyl (C=O) groups is 2. The third-order valence-corrected chi connectivity index (χ3v) is 4.74. The number of quaternary nitrogens is 1. The summed E-state index contributed by atoms with van der Waals surface area (Å²) in [5.41, 5.74) is 1.08. The topological polar surface area (TPSA) is 76.0 Å². The normalized spacial score (nSPS) is 14.6. The van der Waals surface area contributed by atoms with E-state index in [0.717, 1.165) is 19.6 Å². The number of pyridine rings is 1. The molecule has 1 saturated heterocycles. The number of hydrogen-bond acceptors (Lipinski definition) is 4. The number of ether oxygens (including phenoxy) is 1. The fourth-order valence-corrected chi connectivity index (χ4v) is 3.16. The molecule has 1 aromatic heterocycles. The zero-order chi connectivity index (χ0) is 19.1. The number of hydrogen-bond donors (Lipinski definition) is 2. The number of amides is 2. The SMILES string of the molecule is COc1cccc(C(=O)N2CC[NH+](CCNC(=O)c3ccccn3)CC2)c1. The van der Waals surface area contributed by atoms with Crippen LogP contribution < -0.4 is 15.0 Å². The summed E-state index contributed by atoms with van der Waals surface area (Å²) in [6.07, 6.45) is 1.61. The summed E-state index contributed by atoms with van der Waals surface area (Å²) < 4.78 is 5.19. The van der Waals surface area contributed by atoms with E-state index in [0.29, 0.717) is 36.6 Å². The van der Waals surface area contributed by atoms with Crippen molar-refractivity contribution in [2.75, 3.05) is 46.4 Å². The van der Waals surface area contributed by atoms with E-state index in [1.165, 1.54) is 4.90 Å². The highest BCUT2D eigenvalue weighted by Crippen LogP contribution is 2.14. The zero-order valence-corrected chi connectivity index (χ0v) is 15.5. The third-order valence-electron chi connectivity index (χ3n) is 4.74. The molecule has 3 rings (SSSR count). The molecule has 0 aliphatic carbocycles. The van der Waals surface area contributed by atoms with Crippen LogP contribution in [-0.2, 0) is 0 Å². The Kier molecular flexibility index (Phi) is 6.38. The molecule has 1 aliphatic rings. The molecule has 0 saturated carbocycles. The first-order chi connectivity index (χ1) is 13.2. The predicted octanol–water partition coefficient (Wildman–Crippen LogP) is -0.139. The minimum atomic E-state index is -0.151. The fraction of sp³-hybridized carbons (Fsp3) is 0.350. The van der Waals surface area contributed by atoms with Crippen LogP contribution in [0.1, 0.15) is 20.8 Å². The molecule has 142 valence electrons. The van der Waals surface area contributed by atoms with Gasteiger partial charge in [-0.25, -0.2) is 0 Å². The van der Waals surface area contributed by atoms with Crippen LogP contribution >= 0.6 is 0 Å². The Balaban J connectivity index is 1.42. The maximum Gasteiger partial charge on any atom is 0.270 e. The molecule has 0 unspecified atom stereocenters. The molecule has 0 bridgehead atoms. The first kappa shape index (κ1) is 18.8. The van der Waals surface area contributed by atoms with Crippen LogP contribution in [0.2, 0.25) is 0 Å². The summed E-state index contributed by atoms with van der Waals surface area (Å²) in [5, 5.41) is 2.90. The van der Waals surface area contributed by atoms with E-state index in [1.807, 2.05) is 23.1 Å². The summed E-state index contributed by atoms with van der Waals surface area (Å²) >= 11 is 0. The van der Waals surface area contributed by atoms with E-state index in [1.54, 1.807) is 37.6 Å². The van der Waals surface area contributed by atoms with Gasteiger partial charge in [0.15, 0.2) is 0 Å². The quantitative estimate of drug-likeness (QED) is 0.743. The molecule has 1 aromatic carbocycles. The van der Waals surface area contributed by atoms with Gasteiger partial charge >= 0.3 is 0 Å². The lowest BCUT2D eigenvalue weighted by Gasteiger charge is -2.32. The predicted molar refractivity (Wildman–Crippen MR) is 101 cm³/mol. The first-order valence-corrected chi connectivity index (χ1v) is 9.13. The standard InChI is InChI=1S/C20H24N4O3/c1-27-17-6-4-5-16(15-17)20(26)24-13-11-23(12-14-24)10-9-22-19(25)18-7-2-3-8-21-18/h2-8,15H,9-14H2,1H3,(H,22,25)/p+1. The number of carbonyl (C=O) groups excluding carboxylic acids is 2. The molecule has 7 nitrogen and oxygen atoms in total. The maximum atomic E-state index is 12.6. The molecule has 2 aromatic rings. The van der Waals surface area contributed by atoms with Gasteiger partial charge in [0.25, 0.3) is 11.8 Å². The number of benzene rings is 1. The summed E-state index contributed by atoms with van der Waals surface area (Å²) in [6.45, 7) is 4.58. The minimum absolute atomic E-state index is 0.0383.